The van der Waals surface area contributed by atoms with Crippen LogP contribution in [-0.4, -0.2) is 45.6 Å². The van der Waals surface area contributed by atoms with E-state index in [-0.39, 0.29) is 13.0 Å². The van der Waals surface area contributed by atoms with E-state index >= 15 is 0 Å². The minimum atomic E-state index is -2.09. The van der Waals surface area contributed by atoms with Crippen LogP contribution in [0.15, 0.2) is 0 Å². The zero-order valence-corrected chi connectivity index (χ0v) is 8.77. The predicted molar refractivity (Wildman–Crippen MR) is 50.1 cm³/mol. The molecule has 0 rings (SSSR count). The van der Waals surface area contributed by atoms with E-state index in [0.29, 0.717) is 0 Å². The van der Waals surface area contributed by atoms with Gasteiger partial charge in [-0.2, -0.15) is 0 Å². The van der Waals surface area contributed by atoms with Gasteiger partial charge in [-0.25, -0.2) is 4.79 Å². The summed E-state index contributed by atoms with van der Waals surface area (Å²) < 4.78 is 4.63. The number of carbonyl (C=O) groups excluding carboxylic acids is 1. The van der Waals surface area contributed by atoms with Crippen molar-refractivity contribution in [1.29, 1.82) is 0 Å². The maximum Gasteiger partial charge on any atom is 0.336 e. The number of rotatable bonds is 6. The molecule has 0 aromatic rings. The molecular weight excluding hydrogens is 204 g/mol. The second-order valence-electron chi connectivity index (χ2n) is 3.35. The number of hydrogen-bond donors (Lipinski definition) is 3. The van der Waals surface area contributed by atoms with Crippen molar-refractivity contribution in [3.63, 3.8) is 0 Å². The molecule has 6 nitrogen and oxygen atoms in total. The van der Waals surface area contributed by atoms with Crippen LogP contribution in [0.3, 0.4) is 0 Å². The van der Waals surface area contributed by atoms with Gasteiger partial charge in [-0.1, -0.05) is 6.92 Å². The standard InChI is InChI=1S/C9H16O6/c1-3-9(14,8(12)13)4-7(11)15-6(2)5-10/h6,10,14H,3-5H2,1-2H3,(H,12,13). The molecule has 2 unspecified atom stereocenters. The smallest absolute Gasteiger partial charge is 0.336 e. The largest absolute Gasteiger partial charge is 0.479 e. The number of carboxylic acids is 1. The molecule has 0 bridgehead atoms. The summed E-state index contributed by atoms with van der Waals surface area (Å²) in [4.78, 5) is 21.8. The molecule has 0 fully saturated rings. The third-order valence-corrected chi connectivity index (χ3v) is 2.01. The fourth-order valence-corrected chi connectivity index (χ4v) is 0.894. The molecule has 0 amide bonds. The summed E-state index contributed by atoms with van der Waals surface area (Å²) in [7, 11) is 0. The van der Waals surface area contributed by atoms with Crippen LogP contribution in [0.1, 0.15) is 26.7 Å². The normalized spacial score (nSPS) is 16.5. The van der Waals surface area contributed by atoms with E-state index in [1.165, 1.54) is 13.8 Å². The molecule has 0 aliphatic carbocycles. The van der Waals surface area contributed by atoms with Crippen LogP contribution in [0, 0.1) is 0 Å². The van der Waals surface area contributed by atoms with Crippen molar-refractivity contribution in [1.82, 2.24) is 0 Å². The third-order valence-electron chi connectivity index (χ3n) is 2.01. The minimum Gasteiger partial charge on any atom is -0.479 e. The van der Waals surface area contributed by atoms with Crippen LogP contribution in [0.5, 0.6) is 0 Å². The maximum atomic E-state index is 11.1. The average Bonchev–Trinajstić information content (AvgIpc) is 2.16. The summed E-state index contributed by atoms with van der Waals surface area (Å²) in [5, 5.41) is 26.7. The summed E-state index contributed by atoms with van der Waals surface area (Å²) in [5.74, 6) is -2.30. The molecule has 15 heavy (non-hydrogen) atoms. The van der Waals surface area contributed by atoms with Crippen molar-refractivity contribution in [2.45, 2.75) is 38.4 Å². The minimum absolute atomic E-state index is 0.0923. The van der Waals surface area contributed by atoms with E-state index in [0.717, 1.165) is 0 Å². The first-order valence-electron chi connectivity index (χ1n) is 4.61. The van der Waals surface area contributed by atoms with E-state index in [1.54, 1.807) is 0 Å². The van der Waals surface area contributed by atoms with E-state index in [9.17, 15) is 14.7 Å². The highest BCUT2D eigenvalue weighted by atomic mass is 16.6. The molecule has 0 heterocycles. The number of aliphatic carboxylic acids is 1. The Morgan fingerprint density at radius 1 is 1.47 bits per heavy atom. The van der Waals surface area contributed by atoms with Crippen LogP contribution in [0.2, 0.25) is 0 Å². The summed E-state index contributed by atoms with van der Waals surface area (Å²) >= 11 is 0. The lowest BCUT2D eigenvalue weighted by molar-refractivity contribution is -0.170. The highest BCUT2D eigenvalue weighted by molar-refractivity contribution is 5.84. The van der Waals surface area contributed by atoms with Gasteiger partial charge in [0, 0.05) is 0 Å². The first kappa shape index (κ1) is 13.9. The van der Waals surface area contributed by atoms with Crippen LogP contribution in [0.25, 0.3) is 0 Å². The number of carbonyl (C=O) groups is 2. The zero-order valence-electron chi connectivity index (χ0n) is 8.77. The number of aliphatic hydroxyl groups excluding tert-OH is 1. The lowest BCUT2D eigenvalue weighted by Crippen LogP contribution is -2.41. The van der Waals surface area contributed by atoms with Crippen LogP contribution >= 0.6 is 0 Å². The van der Waals surface area contributed by atoms with E-state index < -0.39 is 30.1 Å². The summed E-state index contributed by atoms with van der Waals surface area (Å²) in [6.07, 6.45) is -1.42. The van der Waals surface area contributed by atoms with Crippen molar-refractivity contribution in [3.8, 4) is 0 Å². The Bertz CT molecular complexity index is 239. The number of hydrogen-bond acceptors (Lipinski definition) is 5. The van der Waals surface area contributed by atoms with Gasteiger partial charge in [0.1, 0.15) is 6.10 Å². The first-order chi connectivity index (χ1) is 6.85. The summed E-state index contributed by atoms with van der Waals surface area (Å²) in [6.45, 7) is 2.57. The Labute approximate surface area is 87.5 Å². The van der Waals surface area contributed by atoms with Crippen molar-refractivity contribution in [2.75, 3.05) is 6.61 Å². The van der Waals surface area contributed by atoms with Crippen LogP contribution in [0.4, 0.5) is 0 Å². The lowest BCUT2D eigenvalue weighted by atomic mass is 9.97. The molecule has 0 aromatic heterocycles. The molecule has 3 N–H and O–H groups in total. The van der Waals surface area contributed by atoms with Gasteiger partial charge in [0.2, 0.25) is 0 Å². The fraction of sp³-hybridized carbons (Fsp3) is 0.778. The SMILES string of the molecule is CCC(O)(CC(=O)OC(C)CO)C(=O)O. The number of aliphatic hydroxyl groups is 2. The Hall–Kier alpha value is -1.14. The number of esters is 1. The summed E-state index contributed by atoms with van der Waals surface area (Å²) in [5.41, 5.74) is -2.09. The molecule has 2 atom stereocenters. The third kappa shape index (κ3) is 4.26. The number of carboxylic acid groups (broad SMARTS) is 1. The molecule has 6 heteroatoms. The molecular formula is C9H16O6. The summed E-state index contributed by atoms with van der Waals surface area (Å²) in [6, 6.07) is 0. The van der Waals surface area contributed by atoms with E-state index in [1.807, 2.05) is 0 Å². The second-order valence-corrected chi connectivity index (χ2v) is 3.35. The van der Waals surface area contributed by atoms with E-state index in [2.05, 4.69) is 4.74 Å². The van der Waals surface area contributed by atoms with Gasteiger partial charge >= 0.3 is 11.9 Å². The molecule has 0 radical (unpaired) electrons. The van der Waals surface area contributed by atoms with Crippen molar-refractivity contribution in [2.24, 2.45) is 0 Å². The highest BCUT2D eigenvalue weighted by Gasteiger charge is 2.37. The van der Waals surface area contributed by atoms with Crippen LogP contribution in [-0.2, 0) is 14.3 Å². The Morgan fingerprint density at radius 2 is 2.00 bits per heavy atom. The molecule has 0 aliphatic heterocycles. The highest BCUT2D eigenvalue weighted by Crippen LogP contribution is 2.16. The van der Waals surface area contributed by atoms with Crippen molar-refractivity contribution < 1.29 is 29.6 Å². The monoisotopic (exact) mass is 220 g/mol. The van der Waals surface area contributed by atoms with Gasteiger partial charge in [-0.05, 0) is 13.3 Å². The topological polar surface area (TPSA) is 104 Å². The quantitative estimate of drug-likeness (QED) is 0.522. The molecule has 0 saturated heterocycles. The maximum absolute atomic E-state index is 11.1. The van der Waals surface area contributed by atoms with E-state index in [4.69, 9.17) is 10.2 Å². The molecule has 0 aliphatic rings. The Balaban J connectivity index is 4.31. The number of ether oxygens (including phenoxy) is 1. The predicted octanol–water partition coefficient (Wildman–Crippen LogP) is -0.474. The van der Waals surface area contributed by atoms with Gasteiger partial charge in [0.15, 0.2) is 5.60 Å². The van der Waals surface area contributed by atoms with Gasteiger partial charge < -0.3 is 20.1 Å². The zero-order chi connectivity index (χ0) is 12.1. The fourth-order valence-electron chi connectivity index (χ4n) is 0.894. The molecule has 88 valence electrons. The molecule has 0 aromatic carbocycles. The Morgan fingerprint density at radius 3 is 2.33 bits per heavy atom. The Kier molecular flexibility index (Phi) is 5.24. The molecule has 0 saturated carbocycles. The van der Waals surface area contributed by atoms with Gasteiger partial charge in [0.25, 0.3) is 0 Å². The second kappa shape index (κ2) is 5.67. The molecule has 0 spiro atoms. The van der Waals surface area contributed by atoms with Gasteiger partial charge in [-0.15, -0.1) is 0 Å². The van der Waals surface area contributed by atoms with Gasteiger partial charge in [-0.3, -0.25) is 4.79 Å². The first-order valence-corrected chi connectivity index (χ1v) is 4.61. The lowest BCUT2D eigenvalue weighted by Gasteiger charge is -2.21. The van der Waals surface area contributed by atoms with Gasteiger partial charge in [0.05, 0.1) is 13.0 Å². The van der Waals surface area contributed by atoms with Crippen molar-refractivity contribution in [3.05, 3.63) is 0 Å². The van der Waals surface area contributed by atoms with Crippen molar-refractivity contribution >= 4 is 11.9 Å². The van der Waals surface area contributed by atoms with Crippen LogP contribution < -0.4 is 0 Å². The average molecular weight is 220 g/mol.